The summed E-state index contributed by atoms with van der Waals surface area (Å²) in [6, 6.07) is 2.14. The van der Waals surface area contributed by atoms with Crippen molar-refractivity contribution in [3.8, 4) is 0 Å². The second kappa shape index (κ2) is 7.93. The Hall–Kier alpha value is -1.69. The summed E-state index contributed by atoms with van der Waals surface area (Å²) in [7, 11) is 0. The van der Waals surface area contributed by atoms with Gasteiger partial charge in [0.05, 0.1) is 5.56 Å². The minimum absolute atomic E-state index is 0.0260. The van der Waals surface area contributed by atoms with Gasteiger partial charge in [-0.2, -0.15) is 0 Å². The molecule has 1 unspecified atom stereocenters. The van der Waals surface area contributed by atoms with Crippen molar-refractivity contribution >= 4 is 28.9 Å². The number of thiocarbonyl (C=S) groups is 1. The highest BCUT2D eigenvalue weighted by Crippen LogP contribution is 2.18. The van der Waals surface area contributed by atoms with Crippen LogP contribution in [0.25, 0.3) is 0 Å². The maximum atomic E-state index is 11.7. The molecule has 0 bridgehead atoms. The first-order valence-electron chi connectivity index (χ1n) is 7.16. The van der Waals surface area contributed by atoms with E-state index in [0.717, 1.165) is 23.2 Å². The number of anilines is 1. The quantitative estimate of drug-likeness (QED) is 0.672. The summed E-state index contributed by atoms with van der Waals surface area (Å²) in [6.07, 6.45) is 1.30. The molecule has 0 saturated heterocycles. The van der Waals surface area contributed by atoms with Crippen LogP contribution in [0.1, 0.15) is 43.5 Å². The molecule has 116 valence electrons. The van der Waals surface area contributed by atoms with Crippen LogP contribution >= 0.6 is 12.2 Å². The predicted molar refractivity (Wildman–Crippen MR) is 90.6 cm³/mol. The van der Waals surface area contributed by atoms with E-state index in [1.54, 1.807) is 0 Å². The molecule has 21 heavy (non-hydrogen) atoms. The number of nitrogens with zero attached hydrogens (tertiary/aromatic N) is 1. The minimum atomic E-state index is 0.0260. The second-order valence-corrected chi connectivity index (χ2v) is 5.66. The lowest BCUT2D eigenvalue weighted by Gasteiger charge is -2.15. The van der Waals surface area contributed by atoms with Crippen molar-refractivity contribution < 1.29 is 4.79 Å². The van der Waals surface area contributed by atoms with Crippen LogP contribution in [-0.2, 0) is 4.79 Å². The number of hydrogen-bond donors (Lipinski definition) is 3. The molecule has 1 aromatic heterocycles. The molecular formula is C15H24N4OS. The van der Waals surface area contributed by atoms with Crippen molar-refractivity contribution in [1.29, 1.82) is 0 Å². The van der Waals surface area contributed by atoms with E-state index in [1.807, 2.05) is 33.8 Å². The summed E-state index contributed by atoms with van der Waals surface area (Å²) in [6.45, 7) is 8.38. The van der Waals surface area contributed by atoms with Crippen LogP contribution in [0.5, 0.6) is 0 Å². The fraction of sp³-hybridized carbons (Fsp3) is 0.533. The Morgan fingerprint density at radius 3 is 2.71 bits per heavy atom. The number of pyridine rings is 1. The van der Waals surface area contributed by atoms with E-state index in [1.165, 1.54) is 0 Å². The molecule has 0 aliphatic carbocycles. The van der Waals surface area contributed by atoms with Crippen LogP contribution in [0.15, 0.2) is 6.07 Å². The van der Waals surface area contributed by atoms with Gasteiger partial charge in [-0.3, -0.25) is 4.79 Å². The summed E-state index contributed by atoms with van der Waals surface area (Å²) < 4.78 is 0. The van der Waals surface area contributed by atoms with Crippen LogP contribution in [0.3, 0.4) is 0 Å². The van der Waals surface area contributed by atoms with Crippen LogP contribution < -0.4 is 16.4 Å². The van der Waals surface area contributed by atoms with E-state index in [9.17, 15) is 4.79 Å². The highest BCUT2D eigenvalue weighted by Gasteiger charge is 2.12. The fourth-order valence-corrected chi connectivity index (χ4v) is 2.28. The van der Waals surface area contributed by atoms with E-state index in [4.69, 9.17) is 18.0 Å². The largest absolute Gasteiger partial charge is 0.389 e. The van der Waals surface area contributed by atoms with Crippen molar-refractivity contribution in [1.82, 2.24) is 10.3 Å². The van der Waals surface area contributed by atoms with Gasteiger partial charge in [0.25, 0.3) is 0 Å². The third-order valence-electron chi connectivity index (χ3n) is 3.26. The molecule has 1 atom stereocenters. The maximum absolute atomic E-state index is 11.7. The van der Waals surface area contributed by atoms with Gasteiger partial charge in [-0.1, -0.05) is 19.1 Å². The van der Waals surface area contributed by atoms with E-state index in [2.05, 4.69) is 15.6 Å². The van der Waals surface area contributed by atoms with Gasteiger partial charge in [-0.25, -0.2) is 4.98 Å². The second-order valence-electron chi connectivity index (χ2n) is 5.22. The maximum Gasteiger partial charge on any atom is 0.221 e. The molecule has 0 radical (unpaired) electrons. The van der Waals surface area contributed by atoms with Gasteiger partial charge in [-0.05, 0) is 38.8 Å². The lowest BCUT2D eigenvalue weighted by atomic mass is 10.1. The predicted octanol–water partition coefficient (Wildman–Crippen LogP) is 2.05. The summed E-state index contributed by atoms with van der Waals surface area (Å²) >= 11 is 5.07. The molecule has 4 N–H and O–H groups in total. The molecule has 1 rings (SSSR count). The number of rotatable bonds is 7. The third-order valence-corrected chi connectivity index (χ3v) is 3.46. The van der Waals surface area contributed by atoms with Crippen molar-refractivity contribution in [3.05, 3.63) is 22.9 Å². The number of aryl methyl sites for hydroxylation is 2. The van der Waals surface area contributed by atoms with Gasteiger partial charge in [0.2, 0.25) is 5.91 Å². The highest BCUT2D eigenvalue weighted by molar-refractivity contribution is 7.80. The van der Waals surface area contributed by atoms with Gasteiger partial charge in [0.1, 0.15) is 10.8 Å². The van der Waals surface area contributed by atoms with Crippen LogP contribution in [0.2, 0.25) is 0 Å². The Kier molecular flexibility index (Phi) is 6.55. The van der Waals surface area contributed by atoms with E-state index in [0.29, 0.717) is 23.8 Å². The Morgan fingerprint density at radius 1 is 1.48 bits per heavy atom. The Balaban J connectivity index is 2.67. The molecule has 0 saturated carbocycles. The first-order valence-corrected chi connectivity index (χ1v) is 7.57. The Morgan fingerprint density at radius 2 is 2.14 bits per heavy atom. The standard InChI is InChI=1S/C15H24N4OS/c1-5-10(3)18-12(20)6-7-17-15-13(14(16)21)9(2)8-11(4)19-15/h8,10H,5-7H2,1-4H3,(H2,16,21)(H,17,19)(H,18,20). The first-order chi connectivity index (χ1) is 9.85. The molecule has 0 aliphatic heterocycles. The molecule has 6 heteroatoms. The number of nitrogens with two attached hydrogens (primary N) is 1. The summed E-state index contributed by atoms with van der Waals surface area (Å²) in [5, 5.41) is 6.09. The lowest BCUT2D eigenvalue weighted by Crippen LogP contribution is -2.33. The molecule has 0 spiro atoms. The van der Waals surface area contributed by atoms with Crippen LogP contribution in [0, 0.1) is 13.8 Å². The molecule has 0 fully saturated rings. The van der Waals surface area contributed by atoms with Gasteiger partial charge >= 0.3 is 0 Å². The SMILES string of the molecule is CCC(C)NC(=O)CCNc1nc(C)cc(C)c1C(N)=S. The van der Waals surface area contributed by atoms with Crippen molar-refractivity contribution in [2.75, 3.05) is 11.9 Å². The molecule has 0 aromatic carbocycles. The number of carbonyl (C=O) groups excluding carboxylic acids is 1. The van der Waals surface area contributed by atoms with Crippen LogP contribution in [-0.4, -0.2) is 28.5 Å². The highest BCUT2D eigenvalue weighted by atomic mass is 32.1. The molecule has 0 aliphatic rings. The first kappa shape index (κ1) is 17.4. The van der Waals surface area contributed by atoms with Gasteiger partial charge in [0, 0.05) is 24.7 Å². The summed E-state index contributed by atoms with van der Waals surface area (Å²) in [5.41, 5.74) is 8.38. The average Bonchev–Trinajstić information content (AvgIpc) is 2.37. The van der Waals surface area contributed by atoms with Crippen LogP contribution in [0.4, 0.5) is 5.82 Å². The molecular weight excluding hydrogens is 284 g/mol. The minimum Gasteiger partial charge on any atom is -0.389 e. The van der Waals surface area contributed by atoms with E-state index >= 15 is 0 Å². The van der Waals surface area contributed by atoms with Crippen molar-refractivity contribution in [2.45, 2.75) is 46.6 Å². The third kappa shape index (κ3) is 5.30. The van der Waals surface area contributed by atoms with Gasteiger partial charge in [0.15, 0.2) is 0 Å². The Labute approximate surface area is 131 Å². The smallest absolute Gasteiger partial charge is 0.221 e. The molecule has 1 amide bonds. The van der Waals surface area contributed by atoms with Crippen molar-refractivity contribution in [2.24, 2.45) is 5.73 Å². The molecule has 5 nitrogen and oxygen atoms in total. The van der Waals surface area contributed by atoms with E-state index in [-0.39, 0.29) is 11.9 Å². The normalized spacial score (nSPS) is 11.8. The zero-order valence-corrected chi connectivity index (χ0v) is 13.9. The summed E-state index contributed by atoms with van der Waals surface area (Å²) in [5.74, 6) is 0.675. The Bertz CT molecular complexity index is 531. The molecule has 1 heterocycles. The number of nitrogens with one attached hydrogen (secondary N) is 2. The van der Waals surface area contributed by atoms with Crippen molar-refractivity contribution in [3.63, 3.8) is 0 Å². The summed E-state index contributed by atoms with van der Waals surface area (Å²) in [4.78, 5) is 16.5. The topological polar surface area (TPSA) is 80.0 Å². The molecule has 1 aromatic rings. The number of amides is 1. The number of carbonyl (C=O) groups is 1. The monoisotopic (exact) mass is 308 g/mol. The van der Waals surface area contributed by atoms with Gasteiger partial charge < -0.3 is 16.4 Å². The number of hydrogen-bond acceptors (Lipinski definition) is 4. The van der Waals surface area contributed by atoms with E-state index < -0.39 is 0 Å². The average molecular weight is 308 g/mol. The van der Waals surface area contributed by atoms with Gasteiger partial charge in [-0.15, -0.1) is 0 Å². The zero-order valence-electron chi connectivity index (χ0n) is 13.1. The lowest BCUT2D eigenvalue weighted by molar-refractivity contribution is -0.121. The zero-order chi connectivity index (χ0) is 16.0. The fourth-order valence-electron chi connectivity index (χ4n) is 2.02. The number of aromatic nitrogens is 1.